The summed E-state index contributed by atoms with van der Waals surface area (Å²) in [6, 6.07) is 8.43. The molecular weight excluding hydrogens is 487 g/mol. The summed E-state index contributed by atoms with van der Waals surface area (Å²) >= 11 is 7.11. The van der Waals surface area contributed by atoms with Crippen LogP contribution in [0.3, 0.4) is 0 Å². The second kappa shape index (κ2) is 8.47. The van der Waals surface area contributed by atoms with Gasteiger partial charge >= 0.3 is 6.18 Å². The Morgan fingerprint density at radius 1 is 1.18 bits per heavy atom. The predicted octanol–water partition coefficient (Wildman–Crippen LogP) is 5.43. The zero-order chi connectivity index (χ0) is 24.0. The molecular formula is C22H18ClF5N2O2S. The third-order valence-corrected chi connectivity index (χ3v) is 6.51. The molecule has 0 radical (unpaired) electrons. The normalized spacial score (nSPS) is 21.9. The van der Waals surface area contributed by atoms with Gasteiger partial charge in [0.25, 0.3) is 5.60 Å². The van der Waals surface area contributed by atoms with Crippen LogP contribution in [0, 0.1) is 5.82 Å². The summed E-state index contributed by atoms with van der Waals surface area (Å²) in [7, 11) is 0. The maximum atomic E-state index is 15.1. The number of amides is 1. The highest BCUT2D eigenvalue weighted by Crippen LogP contribution is 2.49. The van der Waals surface area contributed by atoms with Gasteiger partial charge in [0.05, 0.1) is 24.6 Å². The second-order valence-electron chi connectivity index (χ2n) is 8.01. The molecule has 0 N–H and O–H groups in total. The van der Waals surface area contributed by atoms with Gasteiger partial charge in [0.15, 0.2) is 5.67 Å². The lowest BCUT2D eigenvalue weighted by molar-refractivity contribution is -0.275. The highest BCUT2D eigenvalue weighted by molar-refractivity contribution is 7.99. The summed E-state index contributed by atoms with van der Waals surface area (Å²) in [5, 5.41) is 3.43. The Morgan fingerprint density at radius 3 is 2.42 bits per heavy atom. The molecule has 176 valence electrons. The van der Waals surface area contributed by atoms with Crippen molar-refractivity contribution in [1.29, 1.82) is 0 Å². The molecule has 11 heteroatoms. The molecule has 0 saturated carbocycles. The van der Waals surface area contributed by atoms with Gasteiger partial charge in [-0.3, -0.25) is 4.79 Å². The topological polar surface area (TPSA) is 41.9 Å². The van der Waals surface area contributed by atoms with E-state index in [1.165, 1.54) is 40.9 Å². The monoisotopic (exact) mass is 504 g/mol. The van der Waals surface area contributed by atoms with E-state index in [1.54, 1.807) is 6.26 Å². The van der Waals surface area contributed by atoms with E-state index < -0.39 is 35.2 Å². The fourth-order valence-electron chi connectivity index (χ4n) is 3.94. The van der Waals surface area contributed by atoms with Crippen molar-refractivity contribution in [1.82, 2.24) is 4.90 Å². The third kappa shape index (κ3) is 4.30. The Morgan fingerprint density at radius 2 is 1.85 bits per heavy atom. The van der Waals surface area contributed by atoms with Crippen LogP contribution in [0.15, 0.2) is 47.6 Å². The molecule has 0 aromatic heterocycles. The van der Waals surface area contributed by atoms with Gasteiger partial charge in [-0.1, -0.05) is 41.0 Å². The number of benzene rings is 2. The van der Waals surface area contributed by atoms with Gasteiger partial charge in [-0.2, -0.15) is 24.9 Å². The summed E-state index contributed by atoms with van der Waals surface area (Å²) in [4.78, 5) is 18.2. The van der Waals surface area contributed by atoms with Crippen LogP contribution in [0.25, 0.3) is 0 Å². The molecule has 2 aromatic carbocycles. The van der Waals surface area contributed by atoms with Gasteiger partial charge in [-0.15, -0.1) is 0 Å². The van der Waals surface area contributed by atoms with Gasteiger partial charge in [-0.05, 0) is 35.6 Å². The van der Waals surface area contributed by atoms with E-state index in [0.717, 1.165) is 12.1 Å². The fourth-order valence-corrected chi connectivity index (χ4v) is 4.59. The smallest absolute Gasteiger partial charge is 0.374 e. The minimum absolute atomic E-state index is 0.0162. The summed E-state index contributed by atoms with van der Waals surface area (Å²) < 4.78 is 71.0. The lowest BCUT2D eigenvalue weighted by Crippen LogP contribution is -2.59. The number of rotatable bonds is 5. The largest absolute Gasteiger partial charge is 0.435 e. The lowest BCUT2D eigenvalue weighted by Gasteiger charge is -2.44. The molecule has 0 bridgehead atoms. The quantitative estimate of drug-likeness (QED) is 0.510. The van der Waals surface area contributed by atoms with Crippen molar-refractivity contribution < 1.29 is 31.6 Å². The molecule has 2 aliphatic heterocycles. The zero-order valence-corrected chi connectivity index (χ0v) is 18.8. The van der Waals surface area contributed by atoms with E-state index in [2.05, 4.69) is 5.16 Å². The first-order valence-electron chi connectivity index (χ1n) is 9.82. The van der Waals surface area contributed by atoms with Crippen LogP contribution in [-0.2, 0) is 20.9 Å². The molecule has 33 heavy (non-hydrogen) atoms. The van der Waals surface area contributed by atoms with Crippen LogP contribution < -0.4 is 0 Å². The van der Waals surface area contributed by atoms with Gasteiger partial charge in [0.2, 0.25) is 5.91 Å². The number of hydrogen-bond acceptors (Lipinski definition) is 4. The van der Waals surface area contributed by atoms with Crippen molar-refractivity contribution in [3.05, 3.63) is 70.0 Å². The Labute approximate surface area is 195 Å². The fraction of sp³-hybridized carbons (Fsp3) is 0.364. The number of alkyl halides is 4. The molecule has 2 aromatic rings. The highest BCUT2D eigenvalue weighted by Gasteiger charge is 2.62. The average molecular weight is 505 g/mol. The number of thioether (sulfide) groups is 1. The van der Waals surface area contributed by atoms with Crippen LogP contribution >= 0.6 is 23.4 Å². The Kier molecular flexibility index (Phi) is 6.11. The maximum absolute atomic E-state index is 15.1. The van der Waals surface area contributed by atoms with Crippen molar-refractivity contribution in [2.45, 2.75) is 23.9 Å². The van der Waals surface area contributed by atoms with Crippen molar-refractivity contribution >= 4 is 35.0 Å². The first kappa shape index (κ1) is 23.8. The van der Waals surface area contributed by atoms with Crippen molar-refractivity contribution in [2.75, 3.05) is 25.1 Å². The summed E-state index contributed by atoms with van der Waals surface area (Å²) in [5.74, 6) is -0.807. The standard InChI is InChI=1S/C22H18ClF5N2O2S/c1-33-10-19(31)30-11-20(25,12-30)14-4-2-13(3-5-14)18-9-21(32-29-18,22(26,27)28)15-6-16(23)8-17(24)7-15/h2-8H,9-12H2,1H3. The minimum Gasteiger partial charge on any atom is -0.374 e. The molecule has 0 spiro atoms. The van der Waals surface area contributed by atoms with E-state index in [9.17, 15) is 22.4 Å². The maximum Gasteiger partial charge on any atom is 0.435 e. The predicted molar refractivity (Wildman–Crippen MR) is 116 cm³/mol. The van der Waals surface area contributed by atoms with Crippen LogP contribution in [0.2, 0.25) is 5.02 Å². The molecule has 1 atom stereocenters. The molecule has 4 rings (SSSR count). The number of oxime groups is 1. The zero-order valence-electron chi connectivity index (χ0n) is 17.3. The molecule has 4 nitrogen and oxygen atoms in total. The summed E-state index contributed by atoms with van der Waals surface area (Å²) in [6.07, 6.45) is -3.82. The van der Waals surface area contributed by atoms with Crippen LogP contribution in [0.5, 0.6) is 0 Å². The third-order valence-electron chi connectivity index (χ3n) is 5.75. The van der Waals surface area contributed by atoms with Gasteiger partial charge < -0.3 is 9.74 Å². The summed E-state index contributed by atoms with van der Waals surface area (Å²) in [5.41, 5.74) is -4.49. The van der Waals surface area contributed by atoms with Gasteiger partial charge in [0.1, 0.15) is 5.82 Å². The number of nitrogens with zero attached hydrogens (tertiary/aromatic N) is 2. The molecule has 2 aliphatic rings. The van der Waals surface area contributed by atoms with Crippen molar-refractivity contribution in [2.24, 2.45) is 5.16 Å². The Balaban J connectivity index is 1.53. The van der Waals surface area contributed by atoms with E-state index in [1.807, 2.05) is 0 Å². The van der Waals surface area contributed by atoms with Gasteiger partial charge in [-0.25, -0.2) is 8.78 Å². The van der Waals surface area contributed by atoms with Crippen LogP contribution in [0.1, 0.15) is 23.1 Å². The van der Waals surface area contributed by atoms with E-state index in [0.29, 0.717) is 17.2 Å². The Hall–Kier alpha value is -2.33. The molecule has 1 fully saturated rings. The lowest BCUT2D eigenvalue weighted by atomic mass is 9.85. The number of halogens is 6. The first-order chi connectivity index (χ1) is 15.5. The number of likely N-dealkylation sites (tertiary alicyclic amines) is 1. The number of hydrogen-bond donors (Lipinski definition) is 0. The van der Waals surface area contributed by atoms with E-state index in [-0.39, 0.29) is 35.5 Å². The summed E-state index contributed by atoms with van der Waals surface area (Å²) in [6.45, 7) is -0.152. The SMILES string of the molecule is CSCC(=O)N1CC(F)(c2ccc(C3=NOC(c4cc(F)cc(Cl)c4)(C(F)(F)F)C3)cc2)C1. The van der Waals surface area contributed by atoms with E-state index >= 15 is 4.39 Å². The van der Waals surface area contributed by atoms with Crippen LogP contribution in [-0.4, -0.2) is 47.8 Å². The first-order valence-corrected chi connectivity index (χ1v) is 11.6. The average Bonchev–Trinajstić information content (AvgIpc) is 3.18. The molecule has 1 amide bonds. The van der Waals surface area contributed by atoms with Crippen molar-refractivity contribution in [3.63, 3.8) is 0 Å². The van der Waals surface area contributed by atoms with Gasteiger partial charge in [0, 0.05) is 17.0 Å². The minimum atomic E-state index is -4.91. The molecule has 1 unspecified atom stereocenters. The molecule has 1 saturated heterocycles. The molecule has 0 aliphatic carbocycles. The molecule has 2 heterocycles. The number of carbonyl (C=O) groups is 1. The van der Waals surface area contributed by atoms with Crippen molar-refractivity contribution in [3.8, 4) is 0 Å². The Bertz CT molecular complexity index is 1080. The number of carbonyl (C=O) groups excluding carboxylic acids is 1. The van der Waals surface area contributed by atoms with Crippen LogP contribution in [0.4, 0.5) is 22.0 Å². The highest BCUT2D eigenvalue weighted by atomic mass is 35.5. The van der Waals surface area contributed by atoms with E-state index in [4.69, 9.17) is 16.4 Å². The second-order valence-corrected chi connectivity index (χ2v) is 9.32.